The van der Waals surface area contributed by atoms with Crippen LogP contribution in [-0.4, -0.2) is 47.0 Å². The molecule has 1 aromatic rings. The summed E-state index contributed by atoms with van der Waals surface area (Å²) in [6.07, 6.45) is 0.990. The lowest BCUT2D eigenvalue weighted by Gasteiger charge is -2.16. The predicted octanol–water partition coefficient (Wildman–Crippen LogP) is 0.537. The number of carbonyl (C=O) groups is 1. The number of hydrogen-bond donors (Lipinski definition) is 2. The molecule has 1 aliphatic heterocycles. The first-order valence-electron chi connectivity index (χ1n) is 6.58. The number of rotatable bonds is 4. The standard InChI is InChI=1S/C13H21N5O/c1-9-6-12(14-3)17-13(15-9)8-18-5-4-11(7-18)16-10(2)19/h6,11H,4-5,7-8H2,1-3H3,(H,16,19)(H,14,15,17). The van der Waals surface area contributed by atoms with E-state index in [1.807, 2.05) is 20.0 Å². The third kappa shape index (κ3) is 3.89. The third-order valence-electron chi connectivity index (χ3n) is 3.20. The Balaban J connectivity index is 1.95. The molecule has 0 bridgehead atoms. The first-order valence-corrected chi connectivity index (χ1v) is 6.58. The van der Waals surface area contributed by atoms with Gasteiger partial charge in [0.2, 0.25) is 5.91 Å². The van der Waals surface area contributed by atoms with E-state index in [2.05, 4.69) is 25.5 Å². The topological polar surface area (TPSA) is 70.2 Å². The molecule has 0 aromatic carbocycles. The van der Waals surface area contributed by atoms with Crippen LogP contribution in [0.25, 0.3) is 0 Å². The lowest BCUT2D eigenvalue weighted by Crippen LogP contribution is -2.35. The molecule has 6 heteroatoms. The van der Waals surface area contributed by atoms with Crippen molar-refractivity contribution in [2.45, 2.75) is 32.9 Å². The van der Waals surface area contributed by atoms with E-state index in [0.29, 0.717) is 0 Å². The van der Waals surface area contributed by atoms with Gasteiger partial charge in [-0.05, 0) is 13.3 Å². The van der Waals surface area contributed by atoms with Crippen molar-refractivity contribution in [3.05, 3.63) is 17.6 Å². The van der Waals surface area contributed by atoms with Crippen molar-refractivity contribution < 1.29 is 4.79 Å². The van der Waals surface area contributed by atoms with Gasteiger partial charge in [-0.1, -0.05) is 0 Å². The summed E-state index contributed by atoms with van der Waals surface area (Å²) in [5.74, 6) is 1.71. The molecule has 2 heterocycles. The molecule has 1 aliphatic rings. The van der Waals surface area contributed by atoms with Crippen LogP contribution >= 0.6 is 0 Å². The van der Waals surface area contributed by atoms with E-state index in [0.717, 1.165) is 43.4 Å². The average Bonchev–Trinajstić information content (AvgIpc) is 2.74. The molecule has 104 valence electrons. The van der Waals surface area contributed by atoms with Gasteiger partial charge in [0.25, 0.3) is 0 Å². The molecule has 6 nitrogen and oxygen atoms in total. The van der Waals surface area contributed by atoms with Gasteiger partial charge in [-0.25, -0.2) is 9.97 Å². The van der Waals surface area contributed by atoms with E-state index in [9.17, 15) is 4.79 Å². The van der Waals surface area contributed by atoms with Crippen molar-refractivity contribution >= 4 is 11.7 Å². The molecular formula is C13H21N5O. The van der Waals surface area contributed by atoms with Crippen molar-refractivity contribution in [3.8, 4) is 0 Å². The normalized spacial score (nSPS) is 19.4. The Morgan fingerprint density at radius 2 is 2.32 bits per heavy atom. The van der Waals surface area contributed by atoms with Gasteiger partial charge < -0.3 is 10.6 Å². The molecule has 1 amide bonds. The maximum atomic E-state index is 11.0. The fraction of sp³-hybridized carbons (Fsp3) is 0.615. The van der Waals surface area contributed by atoms with Crippen molar-refractivity contribution in [2.75, 3.05) is 25.5 Å². The second-order valence-corrected chi connectivity index (χ2v) is 4.98. The number of anilines is 1. The molecule has 2 rings (SSSR count). The molecular weight excluding hydrogens is 242 g/mol. The Labute approximate surface area is 113 Å². The zero-order valence-electron chi connectivity index (χ0n) is 11.7. The Morgan fingerprint density at radius 3 is 3.00 bits per heavy atom. The van der Waals surface area contributed by atoms with Crippen molar-refractivity contribution in [1.82, 2.24) is 20.2 Å². The highest BCUT2D eigenvalue weighted by Crippen LogP contribution is 2.13. The quantitative estimate of drug-likeness (QED) is 0.829. The number of nitrogens with one attached hydrogen (secondary N) is 2. The number of hydrogen-bond acceptors (Lipinski definition) is 5. The highest BCUT2D eigenvalue weighted by atomic mass is 16.1. The van der Waals surface area contributed by atoms with E-state index in [1.54, 1.807) is 6.92 Å². The number of amides is 1. The average molecular weight is 263 g/mol. The molecule has 1 atom stereocenters. The number of nitrogens with zero attached hydrogens (tertiary/aromatic N) is 3. The molecule has 0 spiro atoms. The largest absolute Gasteiger partial charge is 0.373 e. The Morgan fingerprint density at radius 1 is 1.53 bits per heavy atom. The van der Waals surface area contributed by atoms with Gasteiger partial charge in [-0.3, -0.25) is 9.69 Å². The summed E-state index contributed by atoms with van der Waals surface area (Å²) in [5.41, 5.74) is 0.965. The van der Waals surface area contributed by atoms with E-state index in [-0.39, 0.29) is 11.9 Å². The molecule has 1 saturated heterocycles. The van der Waals surface area contributed by atoms with Gasteiger partial charge in [0.05, 0.1) is 6.54 Å². The van der Waals surface area contributed by atoms with Crippen LogP contribution < -0.4 is 10.6 Å². The Bertz CT molecular complexity index is 462. The minimum Gasteiger partial charge on any atom is -0.373 e. The van der Waals surface area contributed by atoms with Crippen LogP contribution in [0.15, 0.2) is 6.07 Å². The zero-order chi connectivity index (χ0) is 13.8. The van der Waals surface area contributed by atoms with Crippen molar-refractivity contribution in [3.63, 3.8) is 0 Å². The molecule has 1 aromatic heterocycles. The predicted molar refractivity (Wildman–Crippen MR) is 73.8 cm³/mol. The summed E-state index contributed by atoms with van der Waals surface area (Å²) in [6.45, 7) is 6.09. The van der Waals surface area contributed by atoms with Crippen LogP contribution in [0.3, 0.4) is 0 Å². The SMILES string of the molecule is CNc1cc(C)nc(CN2CCC(NC(C)=O)C2)n1. The van der Waals surface area contributed by atoms with Crippen LogP contribution in [0.2, 0.25) is 0 Å². The van der Waals surface area contributed by atoms with Crippen LogP contribution in [0.4, 0.5) is 5.82 Å². The minimum absolute atomic E-state index is 0.0381. The van der Waals surface area contributed by atoms with Gasteiger partial charge in [-0.15, -0.1) is 0 Å². The summed E-state index contributed by atoms with van der Waals surface area (Å²) in [7, 11) is 1.86. The molecule has 0 radical (unpaired) electrons. The Hall–Kier alpha value is -1.69. The maximum Gasteiger partial charge on any atom is 0.217 e. The van der Waals surface area contributed by atoms with E-state index < -0.39 is 0 Å². The lowest BCUT2D eigenvalue weighted by atomic mass is 10.3. The Kier molecular flexibility index (Phi) is 4.31. The number of likely N-dealkylation sites (tertiary alicyclic amines) is 1. The minimum atomic E-state index is 0.0381. The van der Waals surface area contributed by atoms with Crippen molar-refractivity contribution in [1.29, 1.82) is 0 Å². The number of aryl methyl sites for hydroxylation is 1. The van der Waals surface area contributed by atoms with Gasteiger partial charge >= 0.3 is 0 Å². The molecule has 1 fully saturated rings. The monoisotopic (exact) mass is 263 g/mol. The smallest absolute Gasteiger partial charge is 0.217 e. The zero-order valence-corrected chi connectivity index (χ0v) is 11.7. The van der Waals surface area contributed by atoms with Gasteiger partial charge in [0, 0.05) is 44.9 Å². The maximum absolute atomic E-state index is 11.0. The van der Waals surface area contributed by atoms with Crippen LogP contribution in [-0.2, 0) is 11.3 Å². The fourth-order valence-electron chi connectivity index (χ4n) is 2.41. The number of carbonyl (C=O) groups excluding carboxylic acids is 1. The van der Waals surface area contributed by atoms with Gasteiger partial charge in [-0.2, -0.15) is 0 Å². The second-order valence-electron chi connectivity index (χ2n) is 4.98. The molecule has 2 N–H and O–H groups in total. The summed E-state index contributed by atoms with van der Waals surface area (Å²) in [5, 5.41) is 6.00. The highest BCUT2D eigenvalue weighted by Gasteiger charge is 2.23. The summed E-state index contributed by atoms with van der Waals surface area (Å²) in [6, 6.07) is 2.18. The van der Waals surface area contributed by atoms with Gasteiger partial charge in [0.1, 0.15) is 11.6 Å². The summed E-state index contributed by atoms with van der Waals surface area (Å²) in [4.78, 5) is 22.2. The molecule has 1 unspecified atom stereocenters. The summed E-state index contributed by atoms with van der Waals surface area (Å²) >= 11 is 0. The molecule has 19 heavy (non-hydrogen) atoms. The van der Waals surface area contributed by atoms with E-state index in [1.165, 1.54) is 0 Å². The summed E-state index contributed by atoms with van der Waals surface area (Å²) < 4.78 is 0. The van der Waals surface area contributed by atoms with Crippen LogP contribution in [0.5, 0.6) is 0 Å². The lowest BCUT2D eigenvalue weighted by molar-refractivity contribution is -0.119. The molecule has 0 aliphatic carbocycles. The second kappa shape index (κ2) is 5.97. The van der Waals surface area contributed by atoms with Crippen molar-refractivity contribution in [2.24, 2.45) is 0 Å². The van der Waals surface area contributed by atoms with Crippen LogP contribution in [0.1, 0.15) is 24.9 Å². The fourth-order valence-corrected chi connectivity index (χ4v) is 2.41. The molecule has 0 saturated carbocycles. The first-order chi connectivity index (χ1) is 9.06. The van der Waals surface area contributed by atoms with E-state index in [4.69, 9.17) is 0 Å². The van der Waals surface area contributed by atoms with Gasteiger partial charge in [0.15, 0.2) is 0 Å². The third-order valence-corrected chi connectivity index (χ3v) is 3.20. The van der Waals surface area contributed by atoms with E-state index >= 15 is 0 Å². The van der Waals surface area contributed by atoms with Crippen LogP contribution in [0, 0.1) is 6.92 Å². The first kappa shape index (κ1) is 13.7. The number of aromatic nitrogens is 2. The highest BCUT2D eigenvalue weighted by molar-refractivity contribution is 5.73.